The van der Waals surface area contributed by atoms with Gasteiger partial charge in [-0.2, -0.15) is 0 Å². The molecule has 1 unspecified atom stereocenters. The van der Waals surface area contributed by atoms with Crippen molar-refractivity contribution in [2.75, 3.05) is 6.54 Å². The second-order valence-electron chi connectivity index (χ2n) is 12.2. The van der Waals surface area contributed by atoms with E-state index < -0.39 is 17.6 Å². The van der Waals surface area contributed by atoms with Crippen molar-refractivity contribution >= 4 is 5.78 Å². The fraction of sp³-hybridized carbons (Fsp3) is 0.815. The van der Waals surface area contributed by atoms with Gasteiger partial charge >= 0.3 is 0 Å². The maximum Gasteiger partial charge on any atom is 0.163 e. The largest absolute Gasteiger partial charge is 0.393 e. The number of nitrogens with one attached hydrogen (secondary N) is 1. The standard InChI is InChI=1S/C27H39NO4/c1-13-9-20-24(28-12-13)15(3)27(32-20)8-7-18-19-6-5-16-10-17(29)11-21(30)26(16,4)23(19)25(31)22(18)14(27)2/h5,13,15,17-21,23-24,28-30H,6-12H2,1-4H3/t13-,15+,17+,18-,19-,20+,21?,23+,24-,26+,27-/m0/s1. The van der Waals surface area contributed by atoms with Crippen LogP contribution in [0.3, 0.4) is 0 Å². The Bertz CT molecular complexity index is 909. The van der Waals surface area contributed by atoms with E-state index in [9.17, 15) is 15.0 Å². The molecule has 0 bridgehead atoms. The van der Waals surface area contributed by atoms with Crippen molar-refractivity contribution in [2.24, 2.45) is 35.0 Å². The summed E-state index contributed by atoms with van der Waals surface area (Å²) in [5, 5.41) is 25.1. The Morgan fingerprint density at radius 3 is 2.78 bits per heavy atom. The smallest absolute Gasteiger partial charge is 0.163 e. The van der Waals surface area contributed by atoms with E-state index in [0.717, 1.165) is 43.4 Å². The van der Waals surface area contributed by atoms with Gasteiger partial charge in [-0.25, -0.2) is 0 Å². The molecule has 11 atom stereocenters. The van der Waals surface area contributed by atoms with Crippen molar-refractivity contribution in [1.29, 1.82) is 0 Å². The third-order valence-electron chi connectivity index (χ3n) is 10.7. The first-order chi connectivity index (χ1) is 15.2. The van der Waals surface area contributed by atoms with Crippen molar-refractivity contribution in [3.8, 4) is 0 Å². The molecule has 2 heterocycles. The van der Waals surface area contributed by atoms with Gasteiger partial charge in [0.05, 0.1) is 23.9 Å². The van der Waals surface area contributed by atoms with Crippen LogP contribution in [-0.2, 0) is 9.53 Å². The Labute approximate surface area is 191 Å². The van der Waals surface area contributed by atoms with Gasteiger partial charge in [0.2, 0.25) is 0 Å². The van der Waals surface area contributed by atoms with E-state index in [-0.39, 0.29) is 35.2 Å². The summed E-state index contributed by atoms with van der Waals surface area (Å²) in [6.45, 7) is 9.90. The van der Waals surface area contributed by atoms with Gasteiger partial charge in [0.1, 0.15) is 0 Å². The highest BCUT2D eigenvalue weighted by molar-refractivity contribution is 6.02. The minimum Gasteiger partial charge on any atom is -0.393 e. The van der Waals surface area contributed by atoms with Gasteiger partial charge in [0.15, 0.2) is 5.78 Å². The van der Waals surface area contributed by atoms with Gasteiger partial charge in [-0.1, -0.05) is 32.4 Å². The number of ketones is 1. The maximum atomic E-state index is 14.2. The topological polar surface area (TPSA) is 78.8 Å². The lowest BCUT2D eigenvalue weighted by Gasteiger charge is -2.50. The van der Waals surface area contributed by atoms with Crippen LogP contribution in [0.2, 0.25) is 0 Å². The molecule has 0 amide bonds. The number of carbonyl (C=O) groups is 1. The van der Waals surface area contributed by atoms with Crippen molar-refractivity contribution in [3.05, 3.63) is 22.8 Å². The molecule has 6 aliphatic rings. The monoisotopic (exact) mass is 441 g/mol. The Hall–Kier alpha value is -1.01. The molecule has 32 heavy (non-hydrogen) atoms. The summed E-state index contributed by atoms with van der Waals surface area (Å²) in [6.07, 6.45) is 6.22. The van der Waals surface area contributed by atoms with Crippen LogP contribution in [0.4, 0.5) is 0 Å². The molecule has 5 nitrogen and oxygen atoms in total. The molecule has 2 saturated heterocycles. The molecular weight excluding hydrogens is 402 g/mol. The second-order valence-corrected chi connectivity index (χ2v) is 12.2. The predicted octanol–water partition coefficient (Wildman–Crippen LogP) is 3.15. The summed E-state index contributed by atoms with van der Waals surface area (Å²) < 4.78 is 6.90. The summed E-state index contributed by atoms with van der Waals surface area (Å²) in [5.41, 5.74) is 2.42. The average molecular weight is 442 g/mol. The van der Waals surface area contributed by atoms with E-state index in [0.29, 0.717) is 30.7 Å². The molecule has 2 saturated carbocycles. The lowest BCUT2D eigenvalue weighted by Crippen LogP contribution is -2.52. The summed E-state index contributed by atoms with van der Waals surface area (Å²) >= 11 is 0. The molecule has 0 aromatic carbocycles. The van der Waals surface area contributed by atoms with E-state index >= 15 is 0 Å². The molecule has 3 N–H and O–H groups in total. The van der Waals surface area contributed by atoms with Crippen LogP contribution in [0.5, 0.6) is 0 Å². The molecule has 0 aromatic rings. The molecule has 6 rings (SSSR count). The van der Waals surface area contributed by atoms with E-state index in [1.165, 1.54) is 5.57 Å². The number of carbonyl (C=O) groups excluding carboxylic acids is 1. The minimum atomic E-state index is -0.667. The van der Waals surface area contributed by atoms with E-state index in [1.54, 1.807) is 0 Å². The highest BCUT2D eigenvalue weighted by Crippen LogP contribution is 2.63. The lowest BCUT2D eigenvalue weighted by atomic mass is 9.55. The Morgan fingerprint density at radius 1 is 1.22 bits per heavy atom. The maximum absolute atomic E-state index is 14.2. The number of aliphatic hydroxyl groups excluding tert-OH is 2. The van der Waals surface area contributed by atoms with Crippen molar-refractivity contribution < 1.29 is 19.7 Å². The molecule has 176 valence electrons. The number of hydrogen-bond donors (Lipinski definition) is 3. The Morgan fingerprint density at radius 2 is 2.00 bits per heavy atom. The number of rotatable bonds is 0. The number of Topliss-reactive ketones (excluding diaryl/α,β-unsaturated/α-hetero) is 1. The average Bonchev–Trinajstić information content (AvgIpc) is 3.19. The highest BCUT2D eigenvalue weighted by Gasteiger charge is 2.64. The van der Waals surface area contributed by atoms with Gasteiger partial charge < -0.3 is 20.3 Å². The van der Waals surface area contributed by atoms with E-state index in [2.05, 4.69) is 39.1 Å². The number of fused-ring (bicyclic) bond motifs is 6. The summed E-state index contributed by atoms with van der Waals surface area (Å²) in [4.78, 5) is 14.2. The third kappa shape index (κ3) is 2.57. The Kier molecular flexibility index (Phi) is 4.71. The van der Waals surface area contributed by atoms with Crippen molar-refractivity contribution in [2.45, 2.75) is 96.2 Å². The second kappa shape index (κ2) is 7.00. The first kappa shape index (κ1) is 21.5. The minimum absolute atomic E-state index is 0.174. The molecule has 5 heteroatoms. The molecule has 0 radical (unpaired) electrons. The third-order valence-corrected chi connectivity index (χ3v) is 10.7. The first-order valence-corrected chi connectivity index (χ1v) is 12.9. The number of allylic oxidation sites excluding steroid dienone is 2. The van der Waals surface area contributed by atoms with Crippen LogP contribution in [0.1, 0.15) is 66.2 Å². The molecule has 0 aromatic heterocycles. The molecule has 4 fully saturated rings. The van der Waals surface area contributed by atoms with Crippen LogP contribution >= 0.6 is 0 Å². The molecule has 1 spiro atoms. The van der Waals surface area contributed by atoms with Crippen LogP contribution < -0.4 is 5.32 Å². The predicted molar refractivity (Wildman–Crippen MR) is 122 cm³/mol. The summed E-state index contributed by atoms with van der Waals surface area (Å²) in [7, 11) is 0. The fourth-order valence-corrected chi connectivity index (χ4v) is 8.98. The first-order valence-electron chi connectivity index (χ1n) is 12.9. The SMILES string of the molecule is CC1=C2C(=O)[C@H]3[C@@H](CC=C4C[C@@H](O)CC(O)[C@@]43C)[C@@H]2CC[C@]12O[C@@H]1C[C@H](C)CN[C@H]1[C@H]2C. The zero-order chi connectivity index (χ0) is 22.6. The Balaban J connectivity index is 1.40. The fourth-order valence-electron chi connectivity index (χ4n) is 8.98. The summed E-state index contributed by atoms with van der Waals surface area (Å²) in [6, 6.07) is 0.365. The van der Waals surface area contributed by atoms with Gasteiger partial charge in [0, 0.05) is 35.3 Å². The van der Waals surface area contributed by atoms with Crippen molar-refractivity contribution in [3.63, 3.8) is 0 Å². The number of piperidine rings is 1. The van der Waals surface area contributed by atoms with Crippen LogP contribution in [0.25, 0.3) is 0 Å². The molecular formula is C27H39NO4. The zero-order valence-corrected chi connectivity index (χ0v) is 19.9. The number of hydrogen-bond acceptors (Lipinski definition) is 5. The zero-order valence-electron chi connectivity index (χ0n) is 19.9. The number of ether oxygens (including phenoxy) is 1. The van der Waals surface area contributed by atoms with Crippen LogP contribution in [0.15, 0.2) is 22.8 Å². The number of aliphatic hydroxyl groups is 2. The molecule has 4 aliphatic carbocycles. The van der Waals surface area contributed by atoms with Gasteiger partial charge in [0.25, 0.3) is 0 Å². The summed E-state index contributed by atoms with van der Waals surface area (Å²) in [5.74, 6) is 1.59. The van der Waals surface area contributed by atoms with Crippen LogP contribution in [0, 0.1) is 35.0 Å². The van der Waals surface area contributed by atoms with Crippen molar-refractivity contribution in [1.82, 2.24) is 5.32 Å². The highest BCUT2D eigenvalue weighted by atomic mass is 16.5. The van der Waals surface area contributed by atoms with E-state index in [4.69, 9.17) is 4.74 Å². The normalized spacial score (nSPS) is 54.8. The quantitative estimate of drug-likeness (QED) is 0.504. The van der Waals surface area contributed by atoms with Gasteiger partial charge in [-0.3, -0.25) is 4.79 Å². The lowest BCUT2D eigenvalue weighted by molar-refractivity contribution is -0.129. The van der Waals surface area contributed by atoms with Crippen LogP contribution in [-0.4, -0.2) is 52.5 Å². The van der Waals surface area contributed by atoms with Gasteiger partial charge in [-0.15, -0.1) is 0 Å². The van der Waals surface area contributed by atoms with Gasteiger partial charge in [-0.05, 0) is 68.9 Å². The molecule has 2 aliphatic heterocycles. The van der Waals surface area contributed by atoms with E-state index in [1.807, 2.05) is 0 Å².